The van der Waals surface area contributed by atoms with E-state index in [-0.39, 0.29) is 23.7 Å². The molecule has 1 aliphatic heterocycles. The van der Waals surface area contributed by atoms with E-state index in [1.165, 1.54) is 6.07 Å². The summed E-state index contributed by atoms with van der Waals surface area (Å²) in [5, 5.41) is 8.52. The molecule has 0 aliphatic carbocycles. The number of primary amides is 1. The fourth-order valence-electron chi connectivity index (χ4n) is 2.12. The van der Waals surface area contributed by atoms with Crippen molar-refractivity contribution in [1.82, 2.24) is 9.29 Å². The van der Waals surface area contributed by atoms with Crippen LogP contribution in [0.15, 0.2) is 23.4 Å². The van der Waals surface area contributed by atoms with Crippen molar-refractivity contribution in [2.45, 2.75) is 18.4 Å². The molecular weight excluding hydrogens is 298 g/mol. The van der Waals surface area contributed by atoms with Crippen LogP contribution in [0.2, 0.25) is 0 Å². The summed E-state index contributed by atoms with van der Waals surface area (Å²) in [4.78, 5) is 25.8. The maximum Gasteiger partial charge on any atom is 0.337 e. The number of carboxylic acid groups (broad SMARTS) is 1. The molecule has 114 valence electrons. The molecule has 1 aliphatic rings. The van der Waals surface area contributed by atoms with Crippen molar-refractivity contribution in [2.75, 3.05) is 13.1 Å². The van der Waals surface area contributed by atoms with Gasteiger partial charge in [-0.3, -0.25) is 4.79 Å². The van der Waals surface area contributed by atoms with Crippen molar-refractivity contribution in [2.24, 2.45) is 11.1 Å². The second-order valence-electron chi connectivity index (χ2n) is 5.20. The zero-order valence-corrected chi connectivity index (χ0v) is 12.1. The molecule has 8 nitrogen and oxygen atoms in total. The first-order valence-corrected chi connectivity index (χ1v) is 7.60. The summed E-state index contributed by atoms with van der Waals surface area (Å²) in [7, 11) is -3.86. The van der Waals surface area contributed by atoms with Crippen LogP contribution in [0, 0.1) is 5.41 Å². The molecule has 1 atom stereocenters. The van der Waals surface area contributed by atoms with Crippen LogP contribution in [0.3, 0.4) is 0 Å². The highest BCUT2D eigenvalue weighted by Crippen LogP contribution is 2.32. The number of sulfonamides is 1. The third-order valence-corrected chi connectivity index (χ3v) is 5.38. The quantitative estimate of drug-likeness (QED) is 0.782. The van der Waals surface area contributed by atoms with Crippen molar-refractivity contribution < 1.29 is 23.1 Å². The molecule has 9 heteroatoms. The second-order valence-corrected chi connectivity index (χ2v) is 7.09. The van der Waals surface area contributed by atoms with Crippen LogP contribution < -0.4 is 5.73 Å². The van der Waals surface area contributed by atoms with E-state index in [0.29, 0.717) is 6.42 Å². The van der Waals surface area contributed by atoms with E-state index in [4.69, 9.17) is 10.8 Å². The number of aromatic nitrogens is 1. The maximum atomic E-state index is 12.4. The summed E-state index contributed by atoms with van der Waals surface area (Å²) in [6.07, 6.45) is 1.33. The number of aromatic carboxylic acids is 1. The minimum Gasteiger partial charge on any atom is -0.478 e. The molecule has 0 bridgehead atoms. The van der Waals surface area contributed by atoms with Crippen LogP contribution in [0.25, 0.3) is 0 Å². The molecule has 1 aromatic heterocycles. The van der Waals surface area contributed by atoms with Crippen LogP contribution in [-0.4, -0.2) is 47.8 Å². The molecule has 1 fully saturated rings. The third kappa shape index (κ3) is 2.74. The lowest BCUT2D eigenvalue weighted by Gasteiger charge is -2.20. The van der Waals surface area contributed by atoms with Crippen LogP contribution in [0.5, 0.6) is 0 Å². The fourth-order valence-corrected chi connectivity index (χ4v) is 3.59. The molecule has 0 radical (unpaired) electrons. The number of rotatable bonds is 4. The molecule has 1 aromatic rings. The average Bonchev–Trinajstić information content (AvgIpc) is 2.84. The van der Waals surface area contributed by atoms with Crippen molar-refractivity contribution in [3.05, 3.63) is 23.9 Å². The molecule has 2 rings (SSSR count). The number of amides is 1. The number of pyridine rings is 1. The first-order valence-electron chi connectivity index (χ1n) is 6.16. The molecule has 1 amide bonds. The smallest absolute Gasteiger partial charge is 0.337 e. The first kappa shape index (κ1) is 15.4. The number of nitrogens with two attached hydrogens (primary N) is 1. The first-order chi connectivity index (χ1) is 9.67. The van der Waals surface area contributed by atoms with E-state index >= 15 is 0 Å². The highest BCUT2D eigenvalue weighted by atomic mass is 32.2. The predicted octanol–water partition coefficient (Wildman–Crippen LogP) is -0.334. The Morgan fingerprint density at radius 2 is 2.10 bits per heavy atom. The standard InChI is InChI=1S/C12H15N3O5S/c1-12(11(13)18)4-5-15(7-12)21(19,20)9-3-2-8(6-14-9)10(16)17/h2-3,6H,4-5,7H2,1H3,(H2,13,18)(H,16,17). The van der Waals surface area contributed by atoms with Gasteiger partial charge in [-0.2, -0.15) is 4.31 Å². The Labute approximate surface area is 121 Å². The highest BCUT2D eigenvalue weighted by molar-refractivity contribution is 7.89. The number of nitrogens with zero attached hydrogens (tertiary/aromatic N) is 2. The van der Waals surface area contributed by atoms with Crippen molar-refractivity contribution >= 4 is 21.9 Å². The monoisotopic (exact) mass is 313 g/mol. The Kier molecular flexibility index (Phi) is 3.72. The van der Waals surface area contributed by atoms with Gasteiger partial charge in [0.2, 0.25) is 5.91 Å². The molecule has 1 saturated heterocycles. The second kappa shape index (κ2) is 5.08. The minimum absolute atomic E-state index is 0.00692. The van der Waals surface area contributed by atoms with Crippen LogP contribution in [-0.2, 0) is 14.8 Å². The third-order valence-electron chi connectivity index (χ3n) is 3.62. The van der Waals surface area contributed by atoms with Gasteiger partial charge in [0.05, 0.1) is 11.0 Å². The van der Waals surface area contributed by atoms with Gasteiger partial charge in [0.25, 0.3) is 10.0 Å². The Hall–Kier alpha value is -2.00. The van der Waals surface area contributed by atoms with Gasteiger partial charge < -0.3 is 10.8 Å². The number of hydrogen-bond acceptors (Lipinski definition) is 5. The number of carbonyl (C=O) groups excluding carboxylic acids is 1. The Balaban J connectivity index is 2.27. The lowest BCUT2D eigenvalue weighted by atomic mass is 9.89. The summed E-state index contributed by atoms with van der Waals surface area (Å²) < 4.78 is 25.9. The van der Waals surface area contributed by atoms with Gasteiger partial charge in [-0.05, 0) is 25.5 Å². The largest absolute Gasteiger partial charge is 0.478 e. The zero-order chi connectivity index (χ0) is 15.8. The van der Waals surface area contributed by atoms with Crippen molar-refractivity contribution in [3.63, 3.8) is 0 Å². The minimum atomic E-state index is -3.86. The van der Waals surface area contributed by atoms with Gasteiger partial charge in [-0.15, -0.1) is 0 Å². The summed E-state index contributed by atoms with van der Waals surface area (Å²) in [5.41, 5.74) is 4.29. The molecule has 2 heterocycles. The summed E-state index contributed by atoms with van der Waals surface area (Å²) in [5.74, 6) is -1.73. The van der Waals surface area contributed by atoms with Gasteiger partial charge in [-0.25, -0.2) is 18.2 Å². The van der Waals surface area contributed by atoms with Crippen molar-refractivity contribution in [3.8, 4) is 0 Å². The molecule has 21 heavy (non-hydrogen) atoms. The molecular formula is C12H15N3O5S. The van der Waals surface area contributed by atoms with Crippen molar-refractivity contribution in [1.29, 1.82) is 0 Å². The molecule has 0 spiro atoms. The van der Waals surface area contributed by atoms with Gasteiger partial charge >= 0.3 is 5.97 Å². The van der Waals surface area contributed by atoms with Crippen LogP contribution in [0.1, 0.15) is 23.7 Å². The predicted molar refractivity (Wildman–Crippen MR) is 71.9 cm³/mol. The zero-order valence-electron chi connectivity index (χ0n) is 11.3. The SMILES string of the molecule is CC1(C(N)=O)CCN(S(=O)(=O)c2ccc(C(=O)O)cn2)C1. The summed E-state index contributed by atoms with van der Waals surface area (Å²) in [6, 6.07) is 2.31. The summed E-state index contributed by atoms with van der Waals surface area (Å²) in [6.45, 7) is 1.78. The van der Waals surface area contributed by atoms with Crippen LogP contribution in [0.4, 0.5) is 0 Å². The highest BCUT2D eigenvalue weighted by Gasteiger charge is 2.44. The van der Waals surface area contributed by atoms with Gasteiger partial charge in [0.15, 0.2) is 5.03 Å². The molecule has 1 unspecified atom stereocenters. The summed E-state index contributed by atoms with van der Waals surface area (Å²) >= 11 is 0. The van der Waals surface area contributed by atoms with E-state index < -0.39 is 27.3 Å². The van der Waals surface area contributed by atoms with Gasteiger partial charge in [-0.1, -0.05) is 0 Å². The van der Waals surface area contributed by atoms with E-state index in [1.54, 1.807) is 6.92 Å². The topological polar surface area (TPSA) is 131 Å². The number of carbonyl (C=O) groups is 2. The maximum absolute atomic E-state index is 12.4. The van der Waals surface area contributed by atoms with Gasteiger partial charge in [0, 0.05) is 19.3 Å². The number of carboxylic acids is 1. The average molecular weight is 313 g/mol. The van der Waals surface area contributed by atoms with E-state index in [0.717, 1.165) is 16.6 Å². The number of hydrogen-bond donors (Lipinski definition) is 2. The Bertz CT molecular complexity index is 685. The van der Waals surface area contributed by atoms with E-state index in [1.807, 2.05) is 0 Å². The molecule has 0 aromatic carbocycles. The molecule has 3 N–H and O–H groups in total. The Morgan fingerprint density at radius 1 is 1.43 bits per heavy atom. The van der Waals surface area contributed by atoms with Crippen LogP contribution >= 0.6 is 0 Å². The Morgan fingerprint density at radius 3 is 2.52 bits per heavy atom. The lowest BCUT2D eigenvalue weighted by Crippen LogP contribution is -2.38. The van der Waals surface area contributed by atoms with E-state index in [9.17, 15) is 18.0 Å². The van der Waals surface area contributed by atoms with E-state index in [2.05, 4.69) is 4.98 Å². The molecule has 0 saturated carbocycles. The lowest BCUT2D eigenvalue weighted by molar-refractivity contribution is -0.126. The fraction of sp³-hybridized carbons (Fsp3) is 0.417. The normalized spacial score (nSPS) is 23.1. The van der Waals surface area contributed by atoms with Gasteiger partial charge in [0.1, 0.15) is 0 Å².